The molecule has 0 heterocycles. The zero-order valence-corrected chi connectivity index (χ0v) is 15.3. The first-order valence-electron chi connectivity index (χ1n) is 7.20. The lowest BCUT2D eigenvalue weighted by atomic mass is 10.2. The largest absolute Gasteiger partial charge is 0.493 e. The minimum atomic E-state index is 0.385. The third-order valence-electron chi connectivity index (χ3n) is 3.28. The van der Waals surface area contributed by atoms with Crippen LogP contribution in [-0.2, 0) is 13.2 Å². The van der Waals surface area contributed by atoms with Gasteiger partial charge >= 0.3 is 0 Å². The fourth-order valence-corrected chi connectivity index (χ4v) is 2.72. The molecule has 2 aromatic rings. The van der Waals surface area contributed by atoms with Crippen molar-refractivity contribution in [3.8, 4) is 11.5 Å². The predicted molar refractivity (Wildman–Crippen MR) is 98.4 cm³/mol. The summed E-state index contributed by atoms with van der Waals surface area (Å²) in [4.78, 5) is 0. The fraction of sp³-hybridized carbons (Fsp3) is 0.222. The summed E-state index contributed by atoms with van der Waals surface area (Å²) in [6.45, 7) is 5.54. The van der Waals surface area contributed by atoms with Gasteiger partial charge in [0.05, 0.1) is 7.11 Å². The minimum absolute atomic E-state index is 0.385. The van der Waals surface area contributed by atoms with E-state index in [2.05, 4.69) is 27.8 Å². The summed E-state index contributed by atoms with van der Waals surface area (Å²) < 4.78 is 12.3. The summed E-state index contributed by atoms with van der Waals surface area (Å²) in [5.41, 5.74) is 2.03. The van der Waals surface area contributed by atoms with E-state index in [4.69, 9.17) is 21.1 Å². The highest BCUT2D eigenvalue weighted by atomic mass is 79.9. The molecular formula is C18H19BrClNO2. The average Bonchev–Trinajstić information content (AvgIpc) is 2.56. The van der Waals surface area contributed by atoms with Gasteiger partial charge in [-0.3, -0.25) is 0 Å². The number of hydrogen-bond donors (Lipinski definition) is 1. The van der Waals surface area contributed by atoms with Crippen molar-refractivity contribution < 1.29 is 9.47 Å². The van der Waals surface area contributed by atoms with Gasteiger partial charge in [-0.15, -0.1) is 6.58 Å². The zero-order chi connectivity index (χ0) is 16.7. The summed E-state index contributed by atoms with van der Waals surface area (Å²) in [7, 11) is 1.63. The first-order chi connectivity index (χ1) is 11.2. The molecule has 23 heavy (non-hydrogen) atoms. The molecule has 0 atom stereocenters. The number of methoxy groups -OCH3 is 1. The van der Waals surface area contributed by atoms with Crippen LogP contribution in [0.4, 0.5) is 0 Å². The maximum atomic E-state index is 6.15. The van der Waals surface area contributed by atoms with Crippen molar-refractivity contribution in [2.45, 2.75) is 13.2 Å². The van der Waals surface area contributed by atoms with E-state index in [9.17, 15) is 0 Å². The van der Waals surface area contributed by atoms with Crippen molar-refractivity contribution >= 4 is 27.5 Å². The van der Waals surface area contributed by atoms with E-state index in [-0.39, 0.29) is 0 Å². The maximum Gasteiger partial charge on any atom is 0.162 e. The molecule has 0 saturated carbocycles. The SMILES string of the molecule is C=CCNCc1cc(OC)c(OCc2ccccc2Cl)cc1Br. The normalized spacial score (nSPS) is 10.4. The molecule has 0 aliphatic rings. The van der Waals surface area contributed by atoms with Gasteiger partial charge in [0.25, 0.3) is 0 Å². The van der Waals surface area contributed by atoms with Crippen LogP contribution in [0.25, 0.3) is 0 Å². The third kappa shape index (κ3) is 4.99. The number of ether oxygens (including phenoxy) is 2. The Hall–Kier alpha value is -1.49. The highest BCUT2D eigenvalue weighted by molar-refractivity contribution is 9.10. The summed E-state index contributed by atoms with van der Waals surface area (Å²) in [6.07, 6.45) is 1.83. The van der Waals surface area contributed by atoms with Gasteiger partial charge in [0.2, 0.25) is 0 Å². The van der Waals surface area contributed by atoms with E-state index < -0.39 is 0 Å². The monoisotopic (exact) mass is 395 g/mol. The minimum Gasteiger partial charge on any atom is -0.493 e. The fourth-order valence-electron chi connectivity index (χ4n) is 2.06. The highest BCUT2D eigenvalue weighted by Crippen LogP contribution is 2.34. The Bertz CT molecular complexity index is 676. The van der Waals surface area contributed by atoms with Crippen LogP contribution in [-0.4, -0.2) is 13.7 Å². The molecule has 0 radical (unpaired) electrons. The number of halogens is 2. The molecule has 0 unspecified atom stereocenters. The molecule has 5 heteroatoms. The second-order valence-corrected chi connectivity index (χ2v) is 6.16. The highest BCUT2D eigenvalue weighted by Gasteiger charge is 2.11. The Labute approximate surface area is 150 Å². The quantitative estimate of drug-likeness (QED) is 0.505. The van der Waals surface area contributed by atoms with Crippen LogP contribution in [0.15, 0.2) is 53.5 Å². The molecular weight excluding hydrogens is 378 g/mol. The van der Waals surface area contributed by atoms with Gasteiger partial charge in [0, 0.05) is 28.1 Å². The van der Waals surface area contributed by atoms with Crippen LogP contribution in [0.5, 0.6) is 11.5 Å². The molecule has 0 bridgehead atoms. The summed E-state index contributed by atoms with van der Waals surface area (Å²) in [6, 6.07) is 11.5. The van der Waals surface area contributed by atoms with Crippen molar-refractivity contribution in [3.63, 3.8) is 0 Å². The number of nitrogens with one attached hydrogen (secondary N) is 1. The van der Waals surface area contributed by atoms with Crippen molar-refractivity contribution in [2.24, 2.45) is 0 Å². The van der Waals surface area contributed by atoms with Crippen LogP contribution < -0.4 is 14.8 Å². The maximum absolute atomic E-state index is 6.15. The van der Waals surface area contributed by atoms with E-state index >= 15 is 0 Å². The van der Waals surface area contributed by atoms with Gasteiger partial charge in [-0.05, 0) is 23.8 Å². The molecule has 0 aromatic heterocycles. The predicted octanol–water partition coefficient (Wildman–Crippen LogP) is 4.97. The molecule has 2 aromatic carbocycles. The van der Waals surface area contributed by atoms with Crippen molar-refractivity contribution in [2.75, 3.05) is 13.7 Å². The van der Waals surface area contributed by atoms with E-state index in [1.807, 2.05) is 42.5 Å². The molecule has 1 N–H and O–H groups in total. The molecule has 0 spiro atoms. The summed E-state index contributed by atoms with van der Waals surface area (Å²) in [5, 5.41) is 3.96. The van der Waals surface area contributed by atoms with Crippen LogP contribution >= 0.6 is 27.5 Å². The number of rotatable bonds is 8. The van der Waals surface area contributed by atoms with Crippen molar-refractivity contribution in [1.29, 1.82) is 0 Å². The lowest BCUT2D eigenvalue weighted by Gasteiger charge is -2.14. The number of benzene rings is 2. The molecule has 2 rings (SSSR count). The number of hydrogen-bond acceptors (Lipinski definition) is 3. The lowest BCUT2D eigenvalue weighted by Crippen LogP contribution is -2.13. The van der Waals surface area contributed by atoms with E-state index in [1.54, 1.807) is 7.11 Å². The first kappa shape index (κ1) is 17.9. The van der Waals surface area contributed by atoms with Gasteiger partial charge in [0.1, 0.15) is 6.61 Å². The van der Waals surface area contributed by atoms with E-state index in [0.29, 0.717) is 29.7 Å². The van der Waals surface area contributed by atoms with Gasteiger partial charge in [-0.2, -0.15) is 0 Å². The van der Waals surface area contributed by atoms with E-state index in [0.717, 1.165) is 22.1 Å². The van der Waals surface area contributed by atoms with Crippen LogP contribution in [0.1, 0.15) is 11.1 Å². The van der Waals surface area contributed by atoms with Crippen LogP contribution in [0.3, 0.4) is 0 Å². The van der Waals surface area contributed by atoms with Gasteiger partial charge in [-0.1, -0.05) is 51.8 Å². The van der Waals surface area contributed by atoms with Crippen molar-refractivity contribution in [3.05, 3.63) is 69.7 Å². The molecule has 0 aliphatic heterocycles. The Morgan fingerprint density at radius 2 is 2.00 bits per heavy atom. The first-order valence-corrected chi connectivity index (χ1v) is 8.37. The molecule has 0 fully saturated rings. The Morgan fingerprint density at radius 1 is 1.22 bits per heavy atom. The van der Waals surface area contributed by atoms with Crippen LogP contribution in [0.2, 0.25) is 5.02 Å². The Morgan fingerprint density at radius 3 is 2.70 bits per heavy atom. The average molecular weight is 397 g/mol. The molecule has 3 nitrogen and oxygen atoms in total. The van der Waals surface area contributed by atoms with E-state index in [1.165, 1.54) is 0 Å². The van der Waals surface area contributed by atoms with Gasteiger partial charge in [-0.25, -0.2) is 0 Å². The van der Waals surface area contributed by atoms with Gasteiger partial charge in [0.15, 0.2) is 11.5 Å². The molecule has 0 saturated heterocycles. The van der Waals surface area contributed by atoms with Crippen LogP contribution in [0, 0.1) is 0 Å². The standard InChI is InChI=1S/C18H19BrClNO2/c1-3-8-21-11-14-9-17(22-2)18(10-15(14)19)23-12-13-6-4-5-7-16(13)20/h3-7,9-10,21H,1,8,11-12H2,2H3. The van der Waals surface area contributed by atoms with Crippen molar-refractivity contribution in [1.82, 2.24) is 5.32 Å². The second-order valence-electron chi connectivity index (χ2n) is 4.89. The molecule has 122 valence electrons. The Kier molecular flexibility index (Phi) is 6.96. The third-order valence-corrected chi connectivity index (χ3v) is 4.38. The second kappa shape index (κ2) is 8.96. The summed E-state index contributed by atoms with van der Waals surface area (Å²) in [5.74, 6) is 1.36. The molecule has 0 amide bonds. The van der Waals surface area contributed by atoms with Gasteiger partial charge < -0.3 is 14.8 Å². The zero-order valence-electron chi connectivity index (χ0n) is 12.9. The topological polar surface area (TPSA) is 30.5 Å². The molecule has 0 aliphatic carbocycles. The lowest BCUT2D eigenvalue weighted by molar-refractivity contribution is 0.284. The Balaban J connectivity index is 2.13. The summed E-state index contributed by atoms with van der Waals surface area (Å²) >= 11 is 9.73. The smallest absolute Gasteiger partial charge is 0.162 e.